The number of pyridine rings is 1. The second-order valence-electron chi connectivity index (χ2n) is 11.1. The first-order chi connectivity index (χ1) is 16.3. The molecular formula is C28H42N2O3S. The lowest BCUT2D eigenvalue weighted by Crippen LogP contribution is -2.56. The number of nitrogens with zero attached hydrogens (tertiary/aromatic N) is 2. The molecule has 34 heavy (non-hydrogen) atoms. The smallest absolute Gasteiger partial charge is 0.303 e. The molecule has 0 bridgehead atoms. The maximum Gasteiger partial charge on any atom is 0.303 e. The van der Waals surface area contributed by atoms with Crippen molar-refractivity contribution in [2.24, 2.45) is 29.6 Å². The van der Waals surface area contributed by atoms with Crippen LogP contribution >= 0.6 is 11.8 Å². The first-order valence-electron chi connectivity index (χ1n) is 13.1. The molecule has 3 aliphatic rings. The number of ether oxygens (including phenoxy) is 1. The third kappa shape index (κ3) is 5.88. The highest BCUT2D eigenvalue weighted by Gasteiger charge is 2.52. The molecule has 0 aromatic carbocycles. The third-order valence-electron chi connectivity index (χ3n) is 8.68. The number of rotatable bonds is 7. The lowest BCUT2D eigenvalue weighted by molar-refractivity contribution is -0.159. The van der Waals surface area contributed by atoms with Crippen LogP contribution in [-0.2, 0) is 9.53 Å². The van der Waals surface area contributed by atoms with Crippen molar-refractivity contribution in [1.29, 1.82) is 0 Å². The average Bonchev–Trinajstić information content (AvgIpc) is 2.81. The number of fused-ring (bicyclic) bond motifs is 1. The molecule has 0 spiro atoms. The number of carbonyl (C=O) groups excluding carboxylic acids is 1. The monoisotopic (exact) mass is 486 g/mol. The second kappa shape index (κ2) is 11.1. The van der Waals surface area contributed by atoms with Crippen molar-refractivity contribution in [3.05, 3.63) is 36.0 Å². The molecule has 4 rings (SSSR count). The van der Waals surface area contributed by atoms with Crippen LogP contribution in [0.3, 0.4) is 0 Å². The molecule has 1 aromatic rings. The van der Waals surface area contributed by atoms with Crippen molar-refractivity contribution in [2.45, 2.75) is 76.5 Å². The fourth-order valence-electron chi connectivity index (χ4n) is 6.51. The first-order valence-corrected chi connectivity index (χ1v) is 14.1. The molecule has 1 aromatic heterocycles. The molecular weight excluding hydrogens is 444 g/mol. The summed E-state index contributed by atoms with van der Waals surface area (Å²) < 4.78 is 5.56. The van der Waals surface area contributed by atoms with Gasteiger partial charge in [-0.05, 0) is 87.1 Å². The maximum absolute atomic E-state index is 11.8. The minimum atomic E-state index is -0.785. The normalized spacial score (nSPS) is 33.6. The maximum atomic E-state index is 11.8. The number of likely N-dealkylation sites (tertiary alicyclic amines) is 1. The predicted octanol–water partition coefficient (Wildman–Crippen LogP) is 5.20. The van der Waals surface area contributed by atoms with Crippen LogP contribution in [0.1, 0.15) is 59.8 Å². The van der Waals surface area contributed by atoms with Crippen molar-refractivity contribution >= 4 is 17.7 Å². The van der Waals surface area contributed by atoms with Crippen LogP contribution < -0.4 is 0 Å². The van der Waals surface area contributed by atoms with Gasteiger partial charge in [0.15, 0.2) is 0 Å². The summed E-state index contributed by atoms with van der Waals surface area (Å²) in [5.74, 6) is 3.01. The summed E-state index contributed by atoms with van der Waals surface area (Å²) in [5, 5.41) is 12.9. The predicted molar refractivity (Wildman–Crippen MR) is 138 cm³/mol. The van der Waals surface area contributed by atoms with Gasteiger partial charge in [0.25, 0.3) is 0 Å². The van der Waals surface area contributed by atoms with Gasteiger partial charge in [-0.2, -0.15) is 0 Å². The van der Waals surface area contributed by atoms with E-state index in [1.807, 2.05) is 24.0 Å². The third-order valence-corrected chi connectivity index (χ3v) is 9.86. The number of piperidine rings is 1. The van der Waals surface area contributed by atoms with Crippen molar-refractivity contribution in [1.82, 2.24) is 9.88 Å². The minimum absolute atomic E-state index is 0.144. The fraction of sp³-hybridized carbons (Fsp3) is 0.714. The molecule has 6 heteroatoms. The Labute approximate surface area is 209 Å². The molecule has 0 unspecified atom stereocenters. The van der Waals surface area contributed by atoms with Crippen molar-refractivity contribution in [2.75, 3.05) is 25.4 Å². The van der Waals surface area contributed by atoms with E-state index in [-0.39, 0.29) is 23.9 Å². The van der Waals surface area contributed by atoms with E-state index in [4.69, 9.17) is 4.74 Å². The quantitative estimate of drug-likeness (QED) is 0.325. The zero-order valence-electron chi connectivity index (χ0n) is 21.3. The summed E-state index contributed by atoms with van der Waals surface area (Å²) in [4.78, 5) is 18.7. The minimum Gasteiger partial charge on any atom is -0.458 e. The van der Waals surface area contributed by atoms with Crippen LogP contribution in [0.25, 0.3) is 0 Å². The Morgan fingerprint density at radius 3 is 2.74 bits per heavy atom. The molecule has 1 aliphatic heterocycles. The van der Waals surface area contributed by atoms with E-state index in [0.29, 0.717) is 18.3 Å². The number of hydrogen-bond acceptors (Lipinski definition) is 6. The van der Waals surface area contributed by atoms with Gasteiger partial charge >= 0.3 is 5.97 Å². The molecule has 188 valence electrons. The number of esters is 1. The van der Waals surface area contributed by atoms with Crippen LogP contribution in [0.4, 0.5) is 0 Å². The summed E-state index contributed by atoms with van der Waals surface area (Å²) in [6, 6.07) is 6.13. The van der Waals surface area contributed by atoms with E-state index < -0.39 is 5.60 Å². The molecule has 1 N–H and O–H groups in total. The molecule has 2 aliphatic carbocycles. The molecule has 1 saturated heterocycles. The molecule has 6 atom stereocenters. The highest BCUT2D eigenvalue weighted by Crippen LogP contribution is 2.51. The Balaban J connectivity index is 1.33. The SMILES string of the molecule is CC(=O)O[C@@H]1C[C@@]2(O)[C@H](C)CC[C@@H]([C@H](C)CN3CCC(CSc4ccccn4)CC3)[C@H]2C=C1C. The van der Waals surface area contributed by atoms with Gasteiger partial charge in [0.2, 0.25) is 0 Å². The van der Waals surface area contributed by atoms with Gasteiger partial charge < -0.3 is 14.7 Å². The summed E-state index contributed by atoms with van der Waals surface area (Å²) in [7, 11) is 0. The lowest BCUT2D eigenvalue weighted by atomic mass is 9.57. The van der Waals surface area contributed by atoms with Crippen LogP contribution in [0.5, 0.6) is 0 Å². The van der Waals surface area contributed by atoms with Crippen LogP contribution in [0.15, 0.2) is 41.1 Å². The van der Waals surface area contributed by atoms with E-state index in [1.54, 1.807) is 0 Å². The Morgan fingerprint density at radius 1 is 1.29 bits per heavy atom. The molecule has 5 nitrogen and oxygen atoms in total. The molecule has 2 fully saturated rings. The Bertz CT molecular complexity index is 854. The van der Waals surface area contributed by atoms with Crippen LogP contribution in [0.2, 0.25) is 0 Å². The largest absolute Gasteiger partial charge is 0.458 e. The second-order valence-corrected chi connectivity index (χ2v) is 12.1. The Kier molecular flexibility index (Phi) is 8.42. The van der Waals surface area contributed by atoms with Gasteiger partial charge in [0.05, 0.1) is 10.6 Å². The van der Waals surface area contributed by atoms with Crippen molar-refractivity contribution in [3.63, 3.8) is 0 Å². The van der Waals surface area contributed by atoms with Crippen molar-refractivity contribution in [3.8, 4) is 0 Å². The van der Waals surface area contributed by atoms with Crippen LogP contribution in [-0.4, -0.2) is 58.1 Å². The zero-order chi connectivity index (χ0) is 24.3. The average molecular weight is 487 g/mol. The van der Waals surface area contributed by atoms with Gasteiger partial charge in [-0.1, -0.05) is 26.0 Å². The number of hydrogen-bond donors (Lipinski definition) is 1. The summed E-state index contributed by atoms with van der Waals surface area (Å²) in [6.45, 7) is 11.5. The summed E-state index contributed by atoms with van der Waals surface area (Å²) in [6.07, 6.45) is 9.06. The van der Waals surface area contributed by atoms with Gasteiger partial charge in [-0.25, -0.2) is 4.98 Å². The molecule has 0 amide bonds. The molecule has 0 radical (unpaired) electrons. The van der Waals surface area contributed by atoms with Gasteiger partial charge in [0.1, 0.15) is 6.10 Å². The van der Waals surface area contributed by atoms with Crippen molar-refractivity contribution < 1.29 is 14.6 Å². The lowest BCUT2D eigenvalue weighted by Gasteiger charge is -2.53. The van der Waals surface area contributed by atoms with Gasteiger partial charge in [-0.3, -0.25) is 4.79 Å². The topological polar surface area (TPSA) is 62.7 Å². The van der Waals surface area contributed by atoms with E-state index in [0.717, 1.165) is 41.7 Å². The number of aromatic nitrogens is 1. The van der Waals surface area contributed by atoms with Crippen LogP contribution in [0, 0.1) is 29.6 Å². The first kappa shape index (κ1) is 25.7. The van der Waals surface area contributed by atoms with Gasteiger partial charge in [0, 0.05) is 37.8 Å². The molecule has 1 saturated carbocycles. The van der Waals surface area contributed by atoms with E-state index in [2.05, 4.69) is 48.9 Å². The Hall–Kier alpha value is -1.37. The highest BCUT2D eigenvalue weighted by atomic mass is 32.2. The van der Waals surface area contributed by atoms with Gasteiger partial charge in [-0.15, -0.1) is 11.8 Å². The standard InChI is InChI=1S/C28H42N2O3S/c1-19-15-25-24(9-8-21(3)28(25,32)16-26(19)33-22(4)31)20(2)17-30-13-10-23(11-14-30)18-34-27-7-5-6-12-29-27/h5-7,12,15,20-21,23-26,32H,8-11,13-14,16-18H2,1-4H3/t20-,21-,24+,25-,26-,28-/m1/s1. The fourth-order valence-corrected chi connectivity index (χ4v) is 7.56. The molecule has 2 heterocycles. The van der Waals surface area contributed by atoms with E-state index >= 15 is 0 Å². The number of thioether (sulfide) groups is 1. The van der Waals surface area contributed by atoms with E-state index in [9.17, 15) is 9.90 Å². The highest BCUT2D eigenvalue weighted by molar-refractivity contribution is 7.99. The Morgan fingerprint density at radius 2 is 2.06 bits per heavy atom. The number of aliphatic hydroxyl groups is 1. The van der Waals surface area contributed by atoms with E-state index in [1.165, 1.54) is 32.9 Å². The zero-order valence-corrected chi connectivity index (χ0v) is 22.1. The summed E-state index contributed by atoms with van der Waals surface area (Å²) >= 11 is 1.89. The summed E-state index contributed by atoms with van der Waals surface area (Å²) in [5.41, 5.74) is 0.314. The number of carbonyl (C=O) groups is 1.